The summed E-state index contributed by atoms with van der Waals surface area (Å²) in [7, 11) is 3.70. The second-order valence-electron chi connectivity index (χ2n) is 6.51. The van der Waals surface area contributed by atoms with Crippen molar-refractivity contribution in [3.63, 3.8) is 0 Å². The van der Waals surface area contributed by atoms with E-state index in [0.29, 0.717) is 11.6 Å². The summed E-state index contributed by atoms with van der Waals surface area (Å²) in [4.78, 5) is 18.7. The molecule has 1 unspecified atom stereocenters. The van der Waals surface area contributed by atoms with Crippen molar-refractivity contribution in [1.82, 2.24) is 14.9 Å². The van der Waals surface area contributed by atoms with E-state index >= 15 is 0 Å². The zero-order valence-electron chi connectivity index (χ0n) is 14.3. The van der Waals surface area contributed by atoms with Gasteiger partial charge in [-0.25, -0.2) is 5.84 Å². The molecular formula is C19H24N4O. The number of hydrazine groups is 1. The van der Waals surface area contributed by atoms with Gasteiger partial charge in [0, 0.05) is 37.6 Å². The number of amides is 1. The van der Waals surface area contributed by atoms with E-state index in [1.165, 1.54) is 17.5 Å². The highest BCUT2D eigenvalue weighted by Crippen LogP contribution is 2.33. The molecule has 0 saturated heterocycles. The van der Waals surface area contributed by atoms with Crippen LogP contribution in [0.4, 0.5) is 0 Å². The van der Waals surface area contributed by atoms with Crippen molar-refractivity contribution in [1.29, 1.82) is 0 Å². The van der Waals surface area contributed by atoms with Crippen LogP contribution in [0.25, 0.3) is 0 Å². The second-order valence-corrected chi connectivity index (χ2v) is 6.51. The Hall–Kier alpha value is -2.24. The molecule has 1 aliphatic carbocycles. The lowest BCUT2D eigenvalue weighted by atomic mass is 9.88. The minimum atomic E-state index is -0.174. The molecule has 0 bridgehead atoms. The molecule has 1 atom stereocenters. The Morgan fingerprint density at radius 3 is 2.96 bits per heavy atom. The van der Waals surface area contributed by atoms with Crippen molar-refractivity contribution in [3.05, 3.63) is 65.0 Å². The number of pyridine rings is 1. The number of carbonyl (C=O) groups excluding carboxylic acids is 1. The van der Waals surface area contributed by atoms with Crippen molar-refractivity contribution in [2.45, 2.75) is 31.8 Å². The quantitative estimate of drug-likeness (QED) is 0.533. The van der Waals surface area contributed by atoms with E-state index < -0.39 is 0 Å². The van der Waals surface area contributed by atoms with Gasteiger partial charge in [-0.1, -0.05) is 12.1 Å². The van der Waals surface area contributed by atoms with Crippen molar-refractivity contribution in [3.8, 4) is 0 Å². The molecule has 1 aromatic heterocycles. The Kier molecular flexibility index (Phi) is 4.92. The molecule has 5 nitrogen and oxygen atoms in total. The van der Waals surface area contributed by atoms with Crippen LogP contribution in [-0.4, -0.2) is 34.9 Å². The van der Waals surface area contributed by atoms with Gasteiger partial charge in [0.2, 0.25) is 0 Å². The van der Waals surface area contributed by atoms with Crippen LogP contribution in [0.15, 0.2) is 42.7 Å². The van der Waals surface area contributed by atoms with Crippen LogP contribution in [0.1, 0.15) is 45.9 Å². The van der Waals surface area contributed by atoms with Crippen molar-refractivity contribution < 1.29 is 4.79 Å². The van der Waals surface area contributed by atoms with E-state index in [-0.39, 0.29) is 5.91 Å². The van der Waals surface area contributed by atoms with Crippen LogP contribution in [0.3, 0.4) is 0 Å². The van der Waals surface area contributed by atoms with Gasteiger partial charge in [-0.05, 0) is 61.2 Å². The maximum Gasteiger partial charge on any atom is 0.267 e. The highest BCUT2D eigenvalue weighted by atomic mass is 16.2. The Labute approximate surface area is 143 Å². The molecular weight excluding hydrogens is 300 g/mol. The molecule has 0 spiro atoms. The van der Waals surface area contributed by atoms with E-state index in [0.717, 1.165) is 30.0 Å². The average Bonchev–Trinajstić information content (AvgIpc) is 2.60. The first-order valence-corrected chi connectivity index (χ1v) is 8.31. The molecule has 0 fully saturated rings. The number of carbonyl (C=O) groups is 1. The molecule has 2 aromatic rings. The van der Waals surface area contributed by atoms with Gasteiger partial charge in [0.15, 0.2) is 0 Å². The smallest absolute Gasteiger partial charge is 0.267 e. The lowest BCUT2D eigenvalue weighted by Crippen LogP contribution is -2.33. The number of hydrogen-bond donors (Lipinski definition) is 1. The number of benzene rings is 1. The standard InChI is InChI=1S/C19H24N4O/c1-22(18-8-4-6-15-9-10-21-12-17(15)18)13-14-5-3-7-16(11-14)19(24)23(2)20/h3,5,7,9-12,18H,4,6,8,13,20H2,1-2H3. The number of aromatic nitrogens is 1. The molecule has 2 N–H and O–H groups in total. The predicted molar refractivity (Wildman–Crippen MR) is 94.1 cm³/mol. The summed E-state index contributed by atoms with van der Waals surface area (Å²) >= 11 is 0. The molecule has 126 valence electrons. The summed E-state index contributed by atoms with van der Waals surface area (Å²) in [5.74, 6) is 5.38. The van der Waals surface area contributed by atoms with Crippen LogP contribution < -0.4 is 5.84 Å². The van der Waals surface area contributed by atoms with Crippen molar-refractivity contribution in [2.24, 2.45) is 5.84 Å². The molecule has 3 rings (SSSR count). The minimum absolute atomic E-state index is 0.174. The lowest BCUT2D eigenvalue weighted by Gasteiger charge is -2.33. The molecule has 0 saturated carbocycles. The fourth-order valence-corrected chi connectivity index (χ4v) is 3.47. The Morgan fingerprint density at radius 2 is 2.17 bits per heavy atom. The van der Waals surface area contributed by atoms with E-state index in [9.17, 15) is 4.79 Å². The second kappa shape index (κ2) is 7.11. The molecule has 1 amide bonds. The number of aryl methyl sites for hydroxylation is 1. The number of hydrogen-bond acceptors (Lipinski definition) is 4. The van der Waals surface area contributed by atoms with Gasteiger partial charge in [-0.15, -0.1) is 0 Å². The third kappa shape index (κ3) is 3.47. The van der Waals surface area contributed by atoms with Crippen LogP contribution in [0.5, 0.6) is 0 Å². The molecule has 1 aliphatic rings. The third-order valence-electron chi connectivity index (χ3n) is 4.69. The molecule has 5 heteroatoms. The number of fused-ring (bicyclic) bond motifs is 1. The maximum absolute atomic E-state index is 12.0. The van der Waals surface area contributed by atoms with Gasteiger partial charge in [0.1, 0.15) is 0 Å². The summed E-state index contributed by atoms with van der Waals surface area (Å²) in [6.45, 7) is 0.786. The molecule has 1 aromatic carbocycles. The largest absolute Gasteiger partial charge is 0.295 e. The summed E-state index contributed by atoms with van der Waals surface area (Å²) in [6, 6.07) is 10.2. The Balaban J connectivity index is 1.77. The van der Waals surface area contributed by atoms with Crippen LogP contribution in [0, 0.1) is 0 Å². The van der Waals surface area contributed by atoms with E-state index in [4.69, 9.17) is 5.84 Å². The lowest BCUT2D eigenvalue weighted by molar-refractivity contribution is 0.0795. The maximum atomic E-state index is 12.0. The summed E-state index contributed by atoms with van der Waals surface area (Å²) in [5, 5.41) is 1.12. The fraction of sp³-hybridized carbons (Fsp3) is 0.368. The van der Waals surface area contributed by atoms with Gasteiger partial charge < -0.3 is 0 Å². The van der Waals surface area contributed by atoms with Gasteiger partial charge in [-0.2, -0.15) is 0 Å². The average molecular weight is 324 g/mol. The highest BCUT2D eigenvalue weighted by Gasteiger charge is 2.24. The normalized spacial score (nSPS) is 16.8. The number of nitrogens with zero attached hydrogens (tertiary/aromatic N) is 3. The Morgan fingerprint density at radius 1 is 1.33 bits per heavy atom. The molecule has 1 heterocycles. The monoisotopic (exact) mass is 324 g/mol. The first-order valence-electron chi connectivity index (χ1n) is 8.31. The number of rotatable bonds is 4. The zero-order chi connectivity index (χ0) is 17.1. The first-order chi connectivity index (χ1) is 11.6. The first kappa shape index (κ1) is 16.6. The Bertz CT molecular complexity index is 729. The van der Waals surface area contributed by atoms with Gasteiger partial charge >= 0.3 is 0 Å². The SMILES string of the molecule is CN(N)C(=O)c1cccc(CN(C)C2CCCc3ccncc32)c1. The van der Waals surface area contributed by atoms with E-state index in [2.05, 4.69) is 29.1 Å². The van der Waals surface area contributed by atoms with Crippen LogP contribution in [0.2, 0.25) is 0 Å². The van der Waals surface area contributed by atoms with Gasteiger partial charge in [0.25, 0.3) is 5.91 Å². The highest BCUT2D eigenvalue weighted by molar-refractivity contribution is 5.93. The summed E-state index contributed by atoms with van der Waals surface area (Å²) in [5.41, 5.74) is 4.47. The van der Waals surface area contributed by atoms with E-state index in [1.807, 2.05) is 24.5 Å². The fourth-order valence-electron chi connectivity index (χ4n) is 3.47. The summed E-state index contributed by atoms with van der Waals surface area (Å²) < 4.78 is 0. The summed E-state index contributed by atoms with van der Waals surface area (Å²) in [6.07, 6.45) is 7.34. The predicted octanol–water partition coefficient (Wildman–Crippen LogP) is 2.54. The molecule has 0 aliphatic heterocycles. The molecule has 24 heavy (non-hydrogen) atoms. The zero-order valence-corrected chi connectivity index (χ0v) is 14.3. The van der Waals surface area contributed by atoms with Crippen molar-refractivity contribution >= 4 is 5.91 Å². The van der Waals surface area contributed by atoms with Gasteiger partial charge in [0.05, 0.1) is 0 Å². The van der Waals surface area contributed by atoms with Crippen LogP contribution in [-0.2, 0) is 13.0 Å². The number of nitrogens with two attached hydrogens (primary N) is 1. The van der Waals surface area contributed by atoms with Gasteiger partial charge in [-0.3, -0.25) is 19.7 Å². The molecule has 0 radical (unpaired) electrons. The third-order valence-corrected chi connectivity index (χ3v) is 4.69. The van der Waals surface area contributed by atoms with Crippen molar-refractivity contribution in [2.75, 3.05) is 14.1 Å². The van der Waals surface area contributed by atoms with Crippen LogP contribution >= 0.6 is 0 Å². The topological polar surface area (TPSA) is 62.5 Å². The minimum Gasteiger partial charge on any atom is -0.295 e. The van der Waals surface area contributed by atoms with E-state index in [1.54, 1.807) is 13.1 Å².